The number of likely N-dealkylation sites (tertiary alicyclic amines) is 1. The molecule has 3 rings (SSSR count). The van der Waals surface area contributed by atoms with Crippen molar-refractivity contribution in [1.82, 2.24) is 10.2 Å². The summed E-state index contributed by atoms with van der Waals surface area (Å²) in [7, 11) is 1.63. The van der Waals surface area contributed by atoms with Gasteiger partial charge in [0, 0.05) is 19.1 Å². The zero-order valence-corrected chi connectivity index (χ0v) is 15.9. The Kier molecular flexibility index (Phi) is 7.38. The van der Waals surface area contributed by atoms with Gasteiger partial charge in [0.1, 0.15) is 11.5 Å². The number of methoxy groups -OCH3 is 1. The Hall–Kier alpha value is -1.46. The van der Waals surface area contributed by atoms with E-state index in [9.17, 15) is 4.79 Å². The lowest BCUT2D eigenvalue weighted by Gasteiger charge is -2.34. The summed E-state index contributed by atoms with van der Waals surface area (Å²) < 4.78 is 10.9. The van der Waals surface area contributed by atoms with Crippen molar-refractivity contribution in [2.75, 3.05) is 26.7 Å². The van der Waals surface area contributed by atoms with Crippen molar-refractivity contribution in [3.05, 3.63) is 24.3 Å². The van der Waals surface area contributed by atoms with E-state index < -0.39 is 6.10 Å². The molecule has 1 heterocycles. The van der Waals surface area contributed by atoms with E-state index in [0.29, 0.717) is 11.8 Å². The molecule has 140 valence electrons. The number of nitrogens with zero attached hydrogens (tertiary/aromatic N) is 1. The summed E-state index contributed by atoms with van der Waals surface area (Å²) in [6.07, 6.45) is 4.37. The van der Waals surface area contributed by atoms with Crippen molar-refractivity contribution in [3.63, 3.8) is 0 Å². The summed E-state index contributed by atoms with van der Waals surface area (Å²) in [4.78, 5) is 14.5. The summed E-state index contributed by atoms with van der Waals surface area (Å²) in [6.45, 7) is 4.61. The summed E-state index contributed by atoms with van der Waals surface area (Å²) in [5, 5.41) is 3.64. The van der Waals surface area contributed by atoms with Gasteiger partial charge < -0.3 is 19.7 Å². The third kappa shape index (κ3) is 5.79. The predicted octanol–water partition coefficient (Wildman–Crippen LogP) is 2.87. The molecule has 5 nitrogen and oxygen atoms in total. The summed E-state index contributed by atoms with van der Waals surface area (Å²) >= 11 is 0. The average molecular weight is 369 g/mol. The van der Waals surface area contributed by atoms with Crippen LogP contribution >= 0.6 is 12.4 Å². The molecule has 1 atom stereocenters. The smallest absolute Gasteiger partial charge is 0.263 e. The summed E-state index contributed by atoms with van der Waals surface area (Å²) in [6, 6.07) is 7.90. The molecule has 0 spiro atoms. The first-order valence-electron chi connectivity index (χ1n) is 8.98. The average Bonchev–Trinajstić information content (AvgIpc) is 3.45. The van der Waals surface area contributed by atoms with Crippen LogP contribution in [-0.2, 0) is 4.79 Å². The van der Waals surface area contributed by atoms with E-state index in [1.54, 1.807) is 7.11 Å². The minimum Gasteiger partial charge on any atom is -0.497 e. The summed E-state index contributed by atoms with van der Waals surface area (Å²) in [5.74, 6) is 2.45. The molecule has 6 heteroatoms. The number of benzene rings is 1. The number of hydrogen-bond acceptors (Lipinski definition) is 4. The van der Waals surface area contributed by atoms with Gasteiger partial charge in [0.05, 0.1) is 7.11 Å². The zero-order valence-electron chi connectivity index (χ0n) is 15.1. The molecule has 25 heavy (non-hydrogen) atoms. The van der Waals surface area contributed by atoms with Gasteiger partial charge in [-0.05, 0) is 69.3 Å². The number of carbonyl (C=O) groups excluding carboxylic acids is 1. The Morgan fingerprint density at radius 2 is 1.76 bits per heavy atom. The second kappa shape index (κ2) is 9.30. The topological polar surface area (TPSA) is 50.8 Å². The lowest BCUT2D eigenvalue weighted by molar-refractivity contribution is -0.139. The number of piperidine rings is 1. The Morgan fingerprint density at radius 1 is 1.16 bits per heavy atom. The van der Waals surface area contributed by atoms with E-state index in [1.165, 1.54) is 12.8 Å². The normalized spacial score (nSPS) is 19.0. The van der Waals surface area contributed by atoms with Crippen molar-refractivity contribution >= 4 is 18.3 Å². The molecule has 2 aliphatic rings. The van der Waals surface area contributed by atoms with Crippen molar-refractivity contribution < 1.29 is 14.3 Å². The molecule has 1 aromatic carbocycles. The molecule has 1 amide bonds. The van der Waals surface area contributed by atoms with Crippen LogP contribution in [-0.4, -0.2) is 49.7 Å². The number of halogens is 1. The third-order valence-corrected chi connectivity index (χ3v) is 4.92. The summed E-state index contributed by atoms with van der Waals surface area (Å²) in [5.41, 5.74) is 0. The quantitative estimate of drug-likeness (QED) is 0.804. The Labute approximate surface area is 156 Å². The second-order valence-corrected chi connectivity index (χ2v) is 6.89. The molecule has 0 aromatic heterocycles. The van der Waals surface area contributed by atoms with Gasteiger partial charge in [-0.25, -0.2) is 0 Å². The highest BCUT2D eigenvalue weighted by molar-refractivity contribution is 5.85. The lowest BCUT2D eigenvalue weighted by Crippen LogP contribution is -2.48. The second-order valence-electron chi connectivity index (χ2n) is 6.89. The number of nitrogens with one attached hydrogen (secondary N) is 1. The first kappa shape index (κ1) is 19.9. The SMILES string of the molecule is COc1ccc(OC(C)C(=O)N2CCC(NCC3CC3)CC2)cc1.Cl. The Balaban J connectivity index is 0.00000225. The van der Waals surface area contributed by atoms with Crippen LogP contribution in [0.2, 0.25) is 0 Å². The zero-order chi connectivity index (χ0) is 16.9. The molecule has 1 saturated heterocycles. The fourth-order valence-corrected chi connectivity index (χ4v) is 3.13. The van der Waals surface area contributed by atoms with Crippen molar-refractivity contribution in [2.24, 2.45) is 5.92 Å². The van der Waals surface area contributed by atoms with Gasteiger partial charge in [0.15, 0.2) is 6.10 Å². The van der Waals surface area contributed by atoms with Crippen LogP contribution in [0.4, 0.5) is 0 Å². The molecule has 1 saturated carbocycles. The lowest BCUT2D eigenvalue weighted by atomic mass is 10.0. The van der Waals surface area contributed by atoms with E-state index in [4.69, 9.17) is 9.47 Å². The van der Waals surface area contributed by atoms with Crippen LogP contribution in [0.15, 0.2) is 24.3 Å². The van der Waals surface area contributed by atoms with Gasteiger partial charge in [-0.15, -0.1) is 12.4 Å². The maximum Gasteiger partial charge on any atom is 0.263 e. The van der Waals surface area contributed by atoms with Crippen LogP contribution in [0.3, 0.4) is 0 Å². The fourth-order valence-electron chi connectivity index (χ4n) is 3.13. The first-order chi connectivity index (χ1) is 11.7. The monoisotopic (exact) mass is 368 g/mol. The number of hydrogen-bond donors (Lipinski definition) is 1. The van der Waals surface area contributed by atoms with Crippen LogP contribution in [0.25, 0.3) is 0 Å². The predicted molar refractivity (Wildman–Crippen MR) is 101 cm³/mol. The van der Waals surface area contributed by atoms with Crippen molar-refractivity contribution in [1.29, 1.82) is 0 Å². The standard InChI is InChI=1S/C19H28N2O3.ClH/c1-14(24-18-7-5-17(23-2)6-8-18)19(22)21-11-9-16(10-12-21)20-13-15-3-4-15;/h5-8,14-16,20H,3-4,9-13H2,1-2H3;1H. The largest absolute Gasteiger partial charge is 0.497 e. The first-order valence-corrected chi connectivity index (χ1v) is 8.98. The van der Waals surface area contributed by atoms with Gasteiger partial charge in [0.25, 0.3) is 5.91 Å². The van der Waals surface area contributed by atoms with Crippen LogP contribution in [0, 0.1) is 5.92 Å². The van der Waals surface area contributed by atoms with E-state index in [0.717, 1.165) is 44.1 Å². The minimum atomic E-state index is -0.464. The van der Waals surface area contributed by atoms with Crippen LogP contribution < -0.4 is 14.8 Å². The van der Waals surface area contributed by atoms with Gasteiger partial charge in [0.2, 0.25) is 0 Å². The van der Waals surface area contributed by atoms with E-state index in [1.807, 2.05) is 36.1 Å². The molecule has 1 aliphatic heterocycles. The maximum atomic E-state index is 12.6. The number of rotatable bonds is 7. The number of carbonyl (C=O) groups is 1. The molecule has 1 aliphatic carbocycles. The highest BCUT2D eigenvalue weighted by Crippen LogP contribution is 2.28. The molecule has 1 unspecified atom stereocenters. The molecular formula is C19H29ClN2O3. The van der Waals surface area contributed by atoms with Crippen LogP contribution in [0.5, 0.6) is 11.5 Å². The highest BCUT2D eigenvalue weighted by atomic mass is 35.5. The molecule has 1 N–H and O–H groups in total. The molecule has 2 fully saturated rings. The number of amides is 1. The van der Waals surface area contributed by atoms with Gasteiger partial charge in [-0.1, -0.05) is 0 Å². The van der Waals surface area contributed by atoms with Crippen molar-refractivity contribution in [3.8, 4) is 11.5 Å². The highest BCUT2D eigenvalue weighted by Gasteiger charge is 2.28. The van der Waals surface area contributed by atoms with Gasteiger partial charge in [-0.2, -0.15) is 0 Å². The Bertz CT molecular complexity index is 540. The van der Waals surface area contributed by atoms with E-state index in [2.05, 4.69) is 5.32 Å². The maximum absolute atomic E-state index is 12.6. The molecule has 1 aromatic rings. The molecule has 0 radical (unpaired) electrons. The van der Waals surface area contributed by atoms with E-state index >= 15 is 0 Å². The van der Waals surface area contributed by atoms with Crippen LogP contribution in [0.1, 0.15) is 32.6 Å². The van der Waals surface area contributed by atoms with Gasteiger partial charge in [-0.3, -0.25) is 4.79 Å². The van der Waals surface area contributed by atoms with Gasteiger partial charge >= 0.3 is 0 Å². The molecular weight excluding hydrogens is 340 g/mol. The third-order valence-electron chi connectivity index (χ3n) is 4.92. The molecule has 0 bridgehead atoms. The van der Waals surface area contributed by atoms with E-state index in [-0.39, 0.29) is 18.3 Å². The Morgan fingerprint density at radius 3 is 2.32 bits per heavy atom. The fraction of sp³-hybridized carbons (Fsp3) is 0.632. The van der Waals surface area contributed by atoms with Crippen molar-refractivity contribution in [2.45, 2.75) is 44.8 Å². The minimum absolute atomic E-state index is 0. The number of ether oxygens (including phenoxy) is 2.